The van der Waals surface area contributed by atoms with E-state index in [1.54, 1.807) is 5.38 Å². The summed E-state index contributed by atoms with van der Waals surface area (Å²) < 4.78 is 27.2. The predicted octanol–water partition coefficient (Wildman–Crippen LogP) is 2.90. The minimum absolute atomic E-state index is 0.0869. The molecule has 4 rings (SSSR count). The molecule has 1 saturated heterocycles. The lowest BCUT2D eigenvalue weighted by molar-refractivity contribution is 0.102. The third kappa shape index (κ3) is 3.48. The minimum Gasteiger partial charge on any atom is -0.296 e. The summed E-state index contributed by atoms with van der Waals surface area (Å²) in [6.45, 7) is 1.03. The summed E-state index contributed by atoms with van der Waals surface area (Å²) in [5.74, 6) is 0.0315. The second-order valence-electron chi connectivity index (χ2n) is 6.25. The maximum atomic E-state index is 12.9. The fourth-order valence-corrected chi connectivity index (χ4v) is 6.57. The van der Waals surface area contributed by atoms with Gasteiger partial charge in [0, 0.05) is 19.0 Å². The summed E-state index contributed by atoms with van der Waals surface area (Å²) in [5, 5.41) is 13.8. The molecular formula is C15H18N4O3S3. The van der Waals surface area contributed by atoms with Crippen LogP contribution in [-0.2, 0) is 10.0 Å². The van der Waals surface area contributed by atoms with Gasteiger partial charge in [-0.15, -0.1) is 21.5 Å². The number of anilines is 1. The zero-order valence-corrected chi connectivity index (χ0v) is 15.9. The molecule has 25 heavy (non-hydrogen) atoms. The summed E-state index contributed by atoms with van der Waals surface area (Å²) in [6.07, 6.45) is 5.00. The maximum Gasteiger partial charge on any atom is 0.268 e. The van der Waals surface area contributed by atoms with Gasteiger partial charge < -0.3 is 0 Å². The molecule has 0 radical (unpaired) electrons. The first-order valence-electron chi connectivity index (χ1n) is 8.28. The van der Waals surface area contributed by atoms with Crippen LogP contribution in [0.4, 0.5) is 5.13 Å². The molecule has 2 aromatic rings. The molecular weight excluding hydrogens is 380 g/mol. The molecule has 1 saturated carbocycles. The van der Waals surface area contributed by atoms with Crippen LogP contribution in [-0.4, -0.2) is 41.9 Å². The Hall–Kier alpha value is -1.36. The molecule has 7 nitrogen and oxygen atoms in total. The van der Waals surface area contributed by atoms with Crippen molar-refractivity contribution in [3.63, 3.8) is 0 Å². The molecule has 1 amide bonds. The van der Waals surface area contributed by atoms with Gasteiger partial charge in [-0.1, -0.05) is 17.8 Å². The lowest BCUT2D eigenvalue weighted by Crippen LogP contribution is -2.36. The van der Waals surface area contributed by atoms with Crippen LogP contribution in [0.25, 0.3) is 0 Å². The zero-order chi connectivity index (χ0) is 17.4. The van der Waals surface area contributed by atoms with Crippen LogP contribution in [0, 0.1) is 0 Å². The molecule has 2 fully saturated rings. The number of piperidine rings is 1. The van der Waals surface area contributed by atoms with Crippen LogP contribution in [0.2, 0.25) is 0 Å². The Morgan fingerprint density at radius 1 is 1.20 bits per heavy atom. The number of nitrogens with zero attached hydrogens (tertiary/aromatic N) is 3. The lowest BCUT2D eigenvalue weighted by Gasteiger charge is -2.25. The van der Waals surface area contributed by atoms with E-state index in [4.69, 9.17) is 0 Å². The molecule has 10 heteroatoms. The highest BCUT2D eigenvalue weighted by atomic mass is 32.2. The van der Waals surface area contributed by atoms with Gasteiger partial charge in [0.25, 0.3) is 5.91 Å². The fraction of sp³-hybridized carbons (Fsp3) is 0.533. The Labute approximate surface area is 154 Å². The Morgan fingerprint density at radius 3 is 2.68 bits per heavy atom. The van der Waals surface area contributed by atoms with E-state index >= 15 is 0 Å². The van der Waals surface area contributed by atoms with E-state index in [9.17, 15) is 13.2 Å². The predicted molar refractivity (Wildman–Crippen MR) is 96.8 cm³/mol. The fourth-order valence-electron chi connectivity index (χ4n) is 2.84. The highest BCUT2D eigenvalue weighted by Gasteiger charge is 2.32. The van der Waals surface area contributed by atoms with Crippen molar-refractivity contribution >= 4 is 43.7 Å². The summed E-state index contributed by atoms with van der Waals surface area (Å²) in [4.78, 5) is 12.9. The number of carbonyl (C=O) groups is 1. The first-order chi connectivity index (χ1) is 12.1. The number of hydrogen-bond acceptors (Lipinski definition) is 7. The maximum absolute atomic E-state index is 12.9. The third-order valence-electron chi connectivity index (χ3n) is 4.36. The highest BCUT2D eigenvalue weighted by Crippen LogP contribution is 2.42. The van der Waals surface area contributed by atoms with Crippen molar-refractivity contribution in [2.75, 3.05) is 18.4 Å². The molecule has 0 unspecified atom stereocenters. The van der Waals surface area contributed by atoms with Gasteiger partial charge >= 0.3 is 0 Å². The van der Waals surface area contributed by atoms with Crippen LogP contribution >= 0.6 is 22.7 Å². The van der Waals surface area contributed by atoms with Crippen molar-refractivity contribution in [3.05, 3.63) is 21.3 Å². The third-order valence-corrected chi connectivity index (χ3v) is 8.34. The van der Waals surface area contributed by atoms with Crippen LogP contribution in [0.15, 0.2) is 16.3 Å². The van der Waals surface area contributed by atoms with Crippen molar-refractivity contribution < 1.29 is 13.2 Å². The molecule has 2 aliphatic rings. The van der Waals surface area contributed by atoms with Crippen LogP contribution < -0.4 is 5.32 Å². The first kappa shape index (κ1) is 17.1. The van der Waals surface area contributed by atoms with Crippen molar-refractivity contribution in [3.8, 4) is 0 Å². The summed E-state index contributed by atoms with van der Waals surface area (Å²) in [5.41, 5.74) is 0. The van der Waals surface area contributed by atoms with E-state index in [1.165, 1.54) is 21.7 Å². The monoisotopic (exact) mass is 398 g/mol. The minimum atomic E-state index is -3.63. The number of nitrogens with one attached hydrogen (secondary N) is 1. The molecule has 0 atom stereocenters. The number of thiophene rings is 1. The number of aromatic nitrogens is 2. The number of sulfonamides is 1. The summed E-state index contributed by atoms with van der Waals surface area (Å²) in [7, 11) is -3.63. The Balaban J connectivity index is 1.54. The van der Waals surface area contributed by atoms with Gasteiger partial charge in [0.2, 0.25) is 15.2 Å². The molecule has 0 bridgehead atoms. The van der Waals surface area contributed by atoms with E-state index in [2.05, 4.69) is 15.5 Å². The van der Waals surface area contributed by atoms with Gasteiger partial charge in [-0.25, -0.2) is 8.42 Å². The van der Waals surface area contributed by atoms with Gasteiger partial charge in [0.05, 0.1) is 0 Å². The molecule has 1 aliphatic heterocycles. The largest absolute Gasteiger partial charge is 0.296 e. The molecule has 134 valence electrons. The molecule has 1 aliphatic carbocycles. The van der Waals surface area contributed by atoms with E-state index < -0.39 is 15.9 Å². The second kappa shape index (κ2) is 6.75. The molecule has 0 spiro atoms. The first-order valence-corrected chi connectivity index (χ1v) is 11.4. The van der Waals surface area contributed by atoms with E-state index in [1.807, 2.05) is 0 Å². The average Bonchev–Trinajstić information content (AvgIpc) is 3.15. The average molecular weight is 399 g/mol. The molecule has 0 aromatic carbocycles. The van der Waals surface area contributed by atoms with Crippen molar-refractivity contribution in [2.45, 2.75) is 42.9 Å². The number of amides is 1. The second-order valence-corrected chi connectivity index (χ2v) is 10.1. The van der Waals surface area contributed by atoms with Gasteiger partial charge in [-0.05, 0) is 37.1 Å². The van der Waals surface area contributed by atoms with Crippen LogP contribution in [0.3, 0.4) is 0 Å². The highest BCUT2D eigenvalue weighted by molar-refractivity contribution is 7.89. The van der Waals surface area contributed by atoms with Gasteiger partial charge in [0.1, 0.15) is 14.8 Å². The topological polar surface area (TPSA) is 92.3 Å². The number of hydrogen-bond donors (Lipinski definition) is 1. The summed E-state index contributed by atoms with van der Waals surface area (Å²) >= 11 is 2.49. The smallest absolute Gasteiger partial charge is 0.268 e. The van der Waals surface area contributed by atoms with E-state index in [0.29, 0.717) is 24.1 Å². The van der Waals surface area contributed by atoms with Crippen molar-refractivity contribution in [2.24, 2.45) is 0 Å². The normalized spacial score (nSPS) is 19.0. The summed E-state index contributed by atoms with van der Waals surface area (Å²) in [6, 6.07) is 1.51. The molecule has 1 N–H and O–H groups in total. The molecule has 2 aromatic heterocycles. The van der Waals surface area contributed by atoms with E-state index in [-0.39, 0.29) is 9.77 Å². The van der Waals surface area contributed by atoms with E-state index in [0.717, 1.165) is 48.4 Å². The zero-order valence-electron chi connectivity index (χ0n) is 13.5. The standard InChI is InChI=1S/C15H18N4O3S3/c20-13(16-15-18-17-14(24-15)10-4-5-10)12-11(6-9-23-12)25(21,22)19-7-2-1-3-8-19/h6,9-10H,1-5,7-8H2,(H,16,18,20). The van der Waals surface area contributed by atoms with Crippen LogP contribution in [0.1, 0.15) is 52.7 Å². The number of carbonyl (C=O) groups excluding carboxylic acids is 1. The quantitative estimate of drug-likeness (QED) is 0.836. The van der Waals surface area contributed by atoms with Crippen molar-refractivity contribution in [1.29, 1.82) is 0 Å². The lowest BCUT2D eigenvalue weighted by atomic mass is 10.2. The SMILES string of the molecule is O=C(Nc1nnc(C2CC2)s1)c1sccc1S(=O)(=O)N1CCCCC1. The molecule has 3 heterocycles. The Bertz CT molecular complexity index is 879. The Morgan fingerprint density at radius 2 is 1.96 bits per heavy atom. The van der Waals surface area contributed by atoms with Gasteiger partial charge in [0.15, 0.2) is 0 Å². The van der Waals surface area contributed by atoms with Crippen LogP contribution in [0.5, 0.6) is 0 Å². The Kier molecular flexibility index (Phi) is 4.61. The van der Waals surface area contributed by atoms with Gasteiger partial charge in [-0.2, -0.15) is 4.31 Å². The van der Waals surface area contributed by atoms with Gasteiger partial charge in [-0.3, -0.25) is 10.1 Å². The number of rotatable bonds is 5. The van der Waals surface area contributed by atoms with Crippen molar-refractivity contribution in [1.82, 2.24) is 14.5 Å².